The number of nitro groups is 1. The second-order valence-electron chi connectivity index (χ2n) is 13.7. The van der Waals surface area contributed by atoms with E-state index in [0.29, 0.717) is 53.9 Å². The van der Waals surface area contributed by atoms with Gasteiger partial charge in [-0.25, -0.2) is 23.4 Å². The topological polar surface area (TPSA) is 181 Å². The lowest BCUT2D eigenvalue weighted by Gasteiger charge is -2.29. The fourth-order valence-electron chi connectivity index (χ4n) is 6.38. The highest BCUT2D eigenvalue weighted by molar-refractivity contribution is 7.99. The smallest absolute Gasteiger partial charge is 0.312 e. The monoisotopic (exact) mass is 842 g/mol. The molecule has 4 aromatic heterocycles. The lowest BCUT2D eigenvalue weighted by atomic mass is 9.92. The van der Waals surface area contributed by atoms with E-state index in [1.165, 1.54) is 28.1 Å². The van der Waals surface area contributed by atoms with Gasteiger partial charge >= 0.3 is 5.69 Å². The number of hydrogen-bond acceptors (Lipinski definition) is 16. The number of rotatable bonds is 17. The third-order valence-electron chi connectivity index (χ3n) is 9.35. The number of Topliss-reactive ketones (excluding diaryl/α,β-unsaturated/α-hetero) is 2. The van der Waals surface area contributed by atoms with Gasteiger partial charge in [0.2, 0.25) is 5.82 Å². The van der Waals surface area contributed by atoms with Gasteiger partial charge in [-0.1, -0.05) is 36.4 Å². The van der Waals surface area contributed by atoms with E-state index in [9.17, 15) is 28.1 Å². The molecule has 1 aliphatic rings. The number of sulfone groups is 1. The largest absolute Gasteiger partial charge is 0.361 e. The Labute approximate surface area is 341 Å². The summed E-state index contributed by atoms with van der Waals surface area (Å²) in [5.41, 5.74) is 2.82. The van der Waals surface area contributed by atoms with Crippen LogP contribution in [0.5, 0.6) is 0 Å². The zero-order chi connectivity index (χ0) is 40.1. The van der Waals surface area contributed by atoms with Crippen molar-refractivity contribution in [1.82, 2.24) is 24.8 Å². The number of thiazole rings is 2. The summed E-state index contributed by atoms with van der Waals surface area (Å²) in [4.78, 5) is 60.5. The molecule has 2 aromatic carbocycles. The van der Waals surface area contributed by atoms with Crippen LogP contribution >= 0.6 is 34.4 Å². The molecule has 5 heterocycles. The minimum absolute atomic E-state index is 0.0283. The van der Waals surface area contributed by atoms with E-state index in [1.54, 1.807) is 24.2 Å². The van der Waals surface area contributed by atoms with Crippen LogP contribution in [-0.4, -0.2) is 94.5 Å². The second kappa shape index (κ2) is 17.6. The molecule has 0 unspecified atom stereocenters. The van der Waals surface area contributed by atoms with Crippen molar-refractivity contribution in [2.24, 2.45) is 0 Å². The van der Waals surface area contributed by atoms with Crippen LogP contribution in [0, 0.1) is 10.1 Å². The highest BCUT2D eigenvalue weighted by Crippen LogP contribution is 2.32. The summed E-state index contributed by atoms with van der Waals surface area (Å²) in [5.74, 6) is -1.19. The summed E-state index contributed by atoms with van der Waals surface area (Å²) in [6.07, 6.45) is 5.92. The first kappa shape index (κ1) is 40.1. The molecule has 0 radical (unpaired) electrons. The Hall–Kier alpha value is -5.14. The Bertz CT molecular complexity index is 2510. The molecule has 0 saturated carbocycles. The third-order valence-corrected chi connectivity index (χ3v) is 14.0. The number of anilines is 2. The molecule has 18 heteroatoms. The summed E-state index contributed by atoms with van der Waals surface area (Å²) in [5, 5.41) is 18.1. The summed E-state index contributed by atoms with van der Waals surface area (Å²) < 4.78 is 27.9. The van der Waals surface area contributed by atoms with Crippen molar-refractivity contribution < 1.29 is 22.9 Å². The molecule has 57 heavy (non-hydrogen) atoms. The van der Waals surface area contributed by atoms with E-state index in [0.717, 1.165) is 38.5 Å². The maximum atomic E-state index is 13.6. The van der Waals surface area contributed by atoms with Gasteiger partial charge in [0.05, 0.1) is 26.5 Å². The zero-order valence-corrected chi connectivity index (χ0v) is 34.3. The molecule has 0 aliphatic carbocycles. The van der Waals surface area contributed by atoms with Gasteiger partial charge in [0.25, 0.3) is 0 Å². The van der Waals surface area contributed by atoms with Crippen molar-refractivity contribution >= 4 is 82.7 Å². The van der Waals surface area contributed by atoms with Crippen molar-refractivity contribution in [3.05, 3.63) is 122 Å². The Morgan fingerprint density at radius 3 is 2.67 bits per heavy atom. The Morgan fingerprint density at radius 1 is 1.07 bits per heavy atom. The number of aromatic nitrogens is 4. The van der Waals surface area contributed by atoms with Gasteiger partial charge in [0.1, 0.15) is 16.5 Å². The predicted octanol–water partition coefficient (Wildman–Crippen LogP) is 6.62. The molecule has 1 aliphatic heterocycles. The minimum Gasteiger partial charge on any atom is -0.361 e. The number of carbonyl (C=O) groups excluding carboxylic acids is 2. The number of carbonyl (C=O) groups is 2. The summed E-state index contributed by atoms with van der Waals surface area (Å²) in [7, 11) is -0.456. The van der Waals surface area contributed by atoms with Gasteiger partial charge < -0.3 is 15.1 Å². The number of fused-ring (bicyclic) bond motifs is 2. The maximum absolute atomic E-state index is 13.6. The molecular formula is C39H38N8O6S4. The first-order valence-corrected chi connectivity index (χ1v) is 22.3. The number of benzene rings is 2. The van der Waals surface area contributed by atoms with E-state index in [1.807, 2.05) is 78.5 Å². The molecule has 6 aromatic rings. The molecular weight excluding hydrogens is 805 g/mol. The molecule has 1 atom stereocenters. The van der Waals surface area contributed by atoms with E-state index in [-0.39, 0.29) is 29.8 Å². The van der Waals surface area contributed by atoms with Crippen molar-refractivity contribution in [2.45, 2.75) is 41.6 Å². The van der Waals surface area contributed by atoms with E-state index in [4.69, 9.17) is 0 Å². The maximum Gasteiger partial charge on any atom is 0.312 e. The normalized spacial score (nSPS) is 13.4. The Kier molecular flexibility index (Phi) is 12.3. The third kappa shape index (κ3) is 9.70. The van der Waals surface area contributed by atoms with E-state index in [2.05, 4.69) is 25.3 Å². The van der Waals surface area contributed by atoms with E-state index < -0.39 is 36.9 Å². The number of hydrogen-bond donors (Lipinski definition) is 1. The molecule has 1 N–H and O–H groups in total. The standard InChI is InChI=1S/C39H38N8O6S4/c1-45(2)15-13-26(22-54-27-8-4-3-5-9-27)42-38-33(47(50)51)17-28(19-41-38)57(52,53)24-35(49)32-23-55-39(44-32)46-16-12-25-7-6-10-29(30(25)21-46)34(48)18-37-43-31-11-14-40-20-36(31)56-37/h3-11,14,17,19-20,23,26H,12-13,15-16,18,21-22,24H2,1-2H3,(H,41,42)/t26-/m1/s1. The van der Waals surface area contributed by atoms with Crippen LogP contribution in [-0.2, 0) is 29.2 Å². The molecule has 0 saturated heterocycles. The van der Waals surface area contributed by atoms with Gasteiger partial charge in [-0.3, -0.25) is 24.7 Å². The van der Waals surface area contributed by atoms with E-state index >= 15 is 0 Å². The average Bonchev–Trinajstić information content (AvgIpc) is 3.86. The summed E-state index contributed by atoms with van der Waals surface area (Å²) in [6, 6.07) is 18.0. The summed E-state index contributed by atoms with van der Waals surface area (Å²) >= 11 is 4.25. The summed E-state index contributed by atoms with van der Waals surface area (Å²) in [6.45, 7) is 1.69. The van der Waals surface area contributed by atoms with Gasteiger partial charge in [0.15, 0.2) is 26.5 Å². The van der Waals surface area contributed by atoms with Crippen molar-refractivity contribution in [3.63, 3.8) is 0 Å². The quantitative estimate of drug-likeness (QED) is 0.0448. The molecule has 7 rings (SSSR count). The fourth-order valence-corrected chi connectivity index (χ4v) is 10.3. The van der Waals surface area contributed by atoms with Crippen molar-refractivity contribution in [2.75, 3.05) is 48.9 Å². The molecule has 294 valence electrons. The first-order valence-electron chi connectivity index (χ1n) is 18.0. The van der Waals surface area contributed by atoms with Gasteiger partial charge in [-0.05, 0) is 62.8 Å². The first-order chi connectivity index (χ1) is 27.4. The lowest BCUT2D eigenvalue weighted by molar-refractivity contribution is -0.384. The average molecular weight is 843 g/mol. The number of nitrogens with one attached hydrogen (secondary N) is 1. The van der Waals surface area contributed by atoms with Crippen LogP contribution < -0.4 is 10.2 Å². The Morgan fingerprint density at radius 2 is 1.89 bits per heavy atom. The van der Waals surface area contributed by atoms with Crippen LogP contribution in [0.2, 0.25) is 0 Å². The van der Waals surface area contributed by atoms with Gasteiger partial charge in [-0.2, -0.15) is 0 Å². The fraction of sp³-hybridized carbons (Fsp3) is 0.282. The number of ketones is 2. The molecule has 14 nitrogen and oxygen atoms in total. The molecule has 0 spiro atoms. The number of nitrogens with zero attached hydrogens (tertiary/aromatic N) is 7. The minimum atomic E-state index is -4.33. The molecule has 0 bridgehead atoms. The van der Waals surface area contributed by atoms with Crippen molar-refractivity contribution in [3.8, 4) is 0 Å². The highest BCUT2D eigenvalue weighted by Gasteiger charge is 2.29. The van der Waals surface area contributed by atoms with Crippen LogP contribution in [0.15, 0.2) is 94.4 Å². The SMILES string of the molecule is CN(C)CC[C@H](CSc1ccccc1)Nc1ncc(S(=O)(=O)CC(=O)c2csc(N3CCc4cccc(C(=O)Cc5nc6ccncc6s5)c4C3)n2)cc1[N+](=O)[O-]. The molecule has 0 fully saturated rings. The lowest BCUT2D eigenvalue weighted by Crippen LogP contribution is -2.32. The van der Waals surface area contributed by atoms with Crippen LogP contribution in [0.3, 0.4) is 0 Å². The van der Waals surface area contributed by atoms with Gasteiger partial charge in [0, 0.05) is 65.4 Å². The van der Waals surface area contributed by atoms with Crippen LogP contribution in [0.4, 0.5) is 16.6 Å². The highest BCUT2D eigenvalue weighted by atomic mass is 32.2. The molecule has 0 amide bonds. The number of pyridine rings is 2. The van der Waals surface area contributed by atoms with Crippen LogP contribution in [0.25, 0.3) is 10.2 Å². The van der Waals surface area contributed by atoms with Gasteiger partial charge in [-0.15, -0.1) is 34.4 Å². The predicted molar refractivity (Wildman–Crippen MR) is 224 cm³/mol. The second-order valence-corrected chi connectivity index (χ2v) is 18.8. The van der Waals surface area contributed by atoms with Crippen molar-refractivity contribution in [1.29, 1.82) is 0 Å². The Balaban J connectivity index is 1.02. The zero-order valence-electron chi connectivity index (χ0n) is 31.0. The van der Waals surface area contributed by atoms with Crippen LogP contribution in [0.1, 0.15) is 43.4 Å². The number of thioether (sulfide) groups is 1.